The number of nitrogens with one attached hydrogen (secondary N) is 2. The third-order valence-electron chi connectivity index (χ3n) is 6.87. The van der Waals surface area contributed by atoms with Gasteiger partial charge in [0.05, 0.1) is 25.2 Å². The Labute approximate surface area is 193 Å². The van der Waals surface area contributed by atoms with E-state index >= 15 is 0 Å². The van der Waals surface area contributed by atoms with Gasteiger partial charge in [0.25, 0.3) is 0 Å². The second-order valence-corrected chi connectivity index (χ2v) is 8.92. The van der Waals surface area contributed by atoms with Crippen molar-refractivity contribution >= 4 is 23.4 Å². The van der Waals surface area contributed by atoms with Crippen molar-refractivity contribution in [2.24, 2.45) is 11.8 Å². The summed E-state index contributed by atoms with van der Waals surface area (Å²) in [6.45, 7) is 5.29. The molecule has 0 spiro atoms. The second kappa shape index (κ2) is 11.0. The molecule has 0 bridgehead atoms. The molecular weight excluding hydrogens is 426 g/mol. The molecule has 4 rings (SSSR count). The van der Waals surface area contributed by atoms with Crippen molar-refractivity contribution in [1.29, 1.82) is 0 Å². The number of para-hydroxylation sites is 1. The van der Waals surface area contributed by atoms with Crippen LogP contribution in [0.15, 0.2) is 30.3 Å². The quantitative estimate of drug-likeness (QED) is 0.409. The van der Waals surface area contributed by atoms with Gasteiger partial charge in [-0.05, 0) is 31.0 Å². The Morgan fingerprint density at radius 3 is 2.36 bits per heavy atom. The van der Waals surface area contributed by atoms with Crippen molar-refractivity contribution in [2.45, 2.75) is 18.9 Å². The lowest BCUT2D eigenvalue weighted by atomic mass is 9.81. The zero-order chi connectivity index (χ0) is 23.2. The number of hydrogen-bond acceptors (Lipinski definition) is 7. The van der Waals surface area contributed by atoms with Gasteiger partial charge in [0, 0.05) is 51.4 Å². The fourth-order valence-corrected chi connectivity index (χ4v) is 4.98. The van der Waals surface area contributed by atoms with Crippen LogP contribution in [0.1, 0.15) is 12.8 Å². The summed E-state index contributed by atoms with van der Waals surface area (Å²) in [5, 5.41) is 12.5. The van der Waals surface area contributed by atoms with Crippen LogP contribution in [0.3, 0.4) is 0 Å². The van der Waals surface area contributed by atoms with E-state index in [1.807, 2.05) is 18.2 Å². The number of ether oxygens (including phenoxy) is 1. The van der Waals surface area contributed by atoms with Crippen molar-refractivity contribution in [1.82, 2.24) is 20.6 Å². The lowest BCUT2D eigenvalue weighted by molar-refractivity contribution is -0.145. The SMILES string of the molecule is O=C(NO)C1CC(CC(=O)N2CCOCC2)CNC1C(=O)N1CCN(c2ccccc2)CC1. The highest BCUT2D eigenvalue weighted by Crippen LogP contribution is 2.27. The minimum atomic E-state index is -0.731. The summed E-state index contributed by atoms with van der Waals surface area (Å²) in [5.74, 6) is -1.50. The molecule has 1 aromatic rings. The number of rotatable bonds is 5. The van der Waals surface area contributed by atoms with E-state index in [0.717, 1.165) is 18.8 Å². The molecule has 3 amide bonds. The van der Waals surface area contributed by atoms with Crippen LogP contribution in [0.5, 0.6) is 0 Å². The summed E-state index contributed by atoms with van der Waals surface area (Å²) in [6.07, 6.45) is 0.675. The fraction of sp³-hybridized carbons (Fsp3) is 0.609. The van der Waals surface area contributed by atoms with E-state index in [4.69, 9.17) is 4.74 Å². The molecule has 3 aliphatic rings. The van der Waals surface area contributed by atoms with E-state index in [0.29, 0.717) is 58.8 Å². The van der Waals surface area contributed by atoms with Crippen LogP contribution >= 0.6 is 0 Å². The molecule has 3 aliphatic heterocycles. The Balaban J connectivity index is 1.34. The van der Waals surface area contributed by atoms with Crippen LogP contribution in [0.25, 0.3) is 0 Å². The average molecular weight is 460 g/mol. The van der Waals surface area contributed by atoms with Gasteiger partial charge in [-0.1, -0.05) is 18.2 Å². The highest BCUT2D eigenvalue weighted by molar-refractivity contribution is 5.90. The van der Waals surface area contributed by atoms with Crippen molar-refractivity contribution in [3.63, 3.8) is 0 Å². The number of carbonyl (C=O) groups is 3. The molecule has 33 heavy (non-hydrogen) atoms. The molecule has 3 fully saturated rings. The molecule has 0 aliphatic carbocycles. The van der Waals surface area contributed by atoms with Crippen molar-refractivity contribution in [2.75, 3.05) is 63.9 Å². The average Bonchev–Trinajstić information content (AvgIpc) is 2.89. The summed E-state index contributed by atoms with van der Waals surface area (Å²) >= 11 is 0. The van der Waals surface area contributed by atoms with Gasteiger partial charge in [0.1, 0.15) is 0 Å². The Kier molecular flexibility index (Phi) is 7.79. The number of piperidine rings is 1. The van der Waals surface area contributed by atoms with E-state index in [1.165, 1.54) is 0 Å². The summed E-state index contributed by atoms with van der Waals surface area (Å²) in [7, 11) is 0. The van der Waals surface area contributed by atoms with Crippen LogP contribution in [-0.4, -0.2) is 97.8 Å². The normalized spacial score (nSPS) is 26.1. The molecular formula is C23H33N5O5. The molecule has 1 aromatic carbocycles. The zero-order valence-corrected chi connectivity index (χ0v) is 18.8. The highest BCUT2D eigenvalue weighted by atomic mass is 16.5. The third-order valence-corrected chi connectivity index (χ3v) is 6.87. The number of benzene rings is 1. The lowest BCUT2D eigenvalue weighted by Gasteiger charge is -2.41. The predicted octanol–water partition coefficient (Wildman–Crippen LogP) is -0.316. The number of amides is 3. The van der Waals surface area contributed by atoms with Gasteiger partial charge in [-0.15, -0.1) is 0 Å². The van der Waals surface area contributed by atoms with Crippen LogP contribution in [0, 0.1) is 11.8 Å². The third kappa shape index (κ3) is 5.63. The predicted molar refractivity (Wildman–Crippen MR) is 121 cm³/mol. The first-order valence-corrected chi connectivity index (χ1v) is 11.7. The zero-order valence-electron chi connectivity index (χ0n) is 18.8. The number of hydrogen-bond donors (Lipinski definition) is 3. The maximum atomic E-state index is 13.3. The van der Waals surface area contributed by atoms with Gasteiger partial charge in [0.15, 0.2) is 0 Å². The van der Waals surface area contributed by atoms with Crippen LogP contribution in [0.4, 0.5) is 5.69 Å². The lowest BCUT2D eigenvalue weighted by Crippen LogP contribution is -2.61. The Hall–Kier alpha value is -2.69. The first-order chi connectivity index (χ1) is 16.1. The molecule has 3 N–H and O–H groups in total. The summed E-state index contributed by atoms with van der Waals surface area (Å²) in [6, 6.07) is 9.37. The number of anilines is 1. The van der Waals surface area contributed by atoms with Gasteiger partial charge in [0.2, 0.25) is 17.7 Å². The van der Waals surface area contributed by atoms with E-state index in [-0.39, 0.29) is 17.7 Å². The standard InChI is InChI=1S/C23H33N5O5/c29-20(27-10-12-33-13-11-27)15-17-14-19(22(30)25-32)21(24-16-17)23(31)28-8-6-26(7-9-28)18-4-2-1-3-5-18/h1-5,17,19,21,24,32H,6-16H2,(H,25,30). The summed E-state index contributed by atoms with van der Waals surface area (Å²) < 4.78 is 5.30. The van der Waals surface area contributed by atoms with Gasteiger partial charge in [-0.2, -0.15) is 0 Å². The molecule has 0 aromatic heterocycles. The molecule has 10 nitrogen and oxygen atoms in total. The fourth-order valence-electron chi connectivity index (χ4n) is 4.98. The Bertz CT molecular complexity index is 824. The van der Waals surface area contributed by atoms with Crippen molar-refractivity contribution < 1.29 is 24.3 Å². The topological polar surface area (TPSA) is 114 Å². The largest absolute Gasteiger partial charge is 0.378 e. The maximum absolute atomic E-state index is 13.3. The molecule has 3 heterocycles. The first-order valence-electron chi connectivity index (χ1n) is 11.7. The van der Waals surface area contributed by atoms with E-state index in [1.54, 1.807) is 15.3 Å². The number of piperazine rings is 1. The highest BCUT2D eigenvalue weighted by Gasteiger charge is 2.42. The van der Waals surface area contributed by atoms with E-state index in [9.17, 15) is 19.6 Å². The minimum Gasteiger partial charge on any atom is -0.378 e. The second-order valence-electron chi connectivity index (χ2n) is 8.92. The van der Waals surface area contributed by atoms with Gasteiger partial charge >= 0.3 is 0 Å². The van der Waals surface area contributed by atoms with Crippen molar-refractivity contribution in [3.8, 4) is 0 Å². The van der Waals surface area contributed by atoms with E-state index < -0.39 is 17.9 Å². The number of hydroxylamine groups is 1. The molecule has 180 valence electrons. The monoisotopic (exact) mass is 459 g/mol. The van der Waals surface area contributed by atoms with Crippen molar-refractivity contribution in [3.05, 3.63) is 30.3 Å². The number of carbonyl (C=O) groups excluding carboxylic acids is 3. The molecule has 3 saturated heterocycles. The van der Waals surface area contributed by atoms with Crippen LogP contribution in [-0.2, 0) is 19.1 Å². The maximum Gasteiger partial charge on any atom is 0.248 e. The van der Waals surface area contributed by atoms with Crippen LogP contribution in [0.2, 0.25) is 0 Å². The molecule has 0 saturated carbocycles. The van der Waals surface area contributed by atoms with Gasteiger partial charge in [-0.25, -0.2) is 5.48 Å². The van der Waals surface area contributed by atoms with Crippen LogP contribution < -0.4 is 15.7 Å². The molecule has 3 unspecified atom stereocenters. The van der Waals surface area contributed by atoms with Gasteiger partial charge in [-0.3, -0.25) is 19.6 Å². The van der Waals surface area contributed by atoms with E-state index in [2.05, 4.69) is 22.3 Å². The summed E-state index contributed by atoms with van der Waals surface area (Å²) in [4.78, 5) is 44.2. The Morgan fingerprint density at radius 1 is 1.00 bits per heavy atom. The smallest absolute Gasteiger partial charge is 0.248 e. The molecule has 10 heteroatoms. The number of nitrogens with zero attached hydrogens (tertiary/aromatic N) is 3. The molecule has 0 radical (unpaired) electrons. The minimum absolute atomic E-state index is 0.0371. The summed E-state index contributed by atoms with van der Waals surface area (Å²) in [5.41, 5.74) is 2.85. The first kappa shape index (κ1) is 23.5. The Morgan fingerprint density at radius 2 is 1.70 bits per heavy atom. The number of morpholine rings is 1. The molecule has 3 atom stereocenters. The van der Waals surface area contributed by atoms with Gasteiger partial charge < -0.3 is 24.8 Å².